The lowest BCUT2D eigenvalue weighted by Crippen LogP contribution is -2.46. The van der Waals surface area contributed by atoms with Gasteiger partial charge in [0.2, 0.25) is 11.8 Å². The van der Waals surface area contributed by atoms with Gasteiger partial charge in [-0.2, -0.15) is 18.3 Å². The first-order chi connectivity index (χ1) is 24.3. The van der Waals surface area contributed by atoms with Gasteiger partial charge in [-0.15, -0.1) is 0 Å². The van der Waals surface area contributed by atoms with Crippen LogP contribution in [0.3, 0.4) is 0 Å². The molecule has 3 unspecified atom stereocenters. The Labute approximate surface area is 291 Å². The van der Waals surface area contributed by atoms with E-state index in [-0.39, 0.29) is 47.1 Å². The van der Waals surface area contributed by atoms with E-state index in [2.05, 4.69) is 33.3 Å². The molecule has 5 fully saturated rings. The maximum Gasteiger partial charge on any atom is 0.433 e. The second-order valence-electron chi connectivity index (χ2n) is 15.0. The maximum absolute atomic E-state index is 14.6. The summed E-state index contributed by atoms with van der Waals surface area (Å²) in [7, 11) is 0. The Morgan fingerprint density at radius 1 is 1.06 bits per heavy atom. The summed E-state index contributed by atoms with van der Waals surface area (Å²) in [4.78, 5) is 55.8. The molecule has 14 heteroatoms. The summed E-state index contributed by atoms with van der Waals surface area (Å²) in [6.07, 6.45) is 4.03. The number of ether oxygens (including phenoxy) is 1. The second kappa shape index (κ2) is 10.7. The number of halogens is 3. The molecule has 3 saturated heterocycles. The minimum Gasteiger partial charge on any atom is -0.374 e. The zero-order chi connectivity index (χ0) is 35.7. The van der Waals surface area contributed by atoms with Crippen LogP contribution < -0.4 is 5.32 Å². The Bertz CT molecular complexity index is 2170. The average molecular weight is 700 g/mol. The zero-order valence-electron chi connectivity index (χ0n) is 28.4. The molecule has 0 radical (unpaired) electrons. The molecule has 6 aliphatic rings. The van der Waals surface area contributed by atoms with Crippen LogP contribution in [0.1, 0.15) is 73.5 Å². The normalized spacial score (nSPS) is 30.8. The van der Waals surface area contributed by atoms with Crippen molar-refractivity contribution in [3.8, 4) is 11.1 Å². The van der Waals surface area contributed by atoms with Gasteiger partial charge >= 0.3 is 6.18 Å². The molecular formula is C37H36F3N7O4. The third-order valence-corrected chi connectivity index (χ3v) is 12.3. The third kappa shape index (κ3) is 4.31. The number of benzene rings is 1. The highest BCUT2D eigenvalue weighted by Gasteiger charge is 3.11. The van der Waals surface area contributed by atoms with Crippen molar-refractivity contribution in [3.63, 3.8) is 0 Å². The summed E-state index contributed by atoms with van der Waals surface area (Å²) in [6.45, 7) is 5.55. The van der Waals surface area contributed by atoms with E-state index < -0.39 is 34.8 Å². The number of pyridine rings is 1. The molecular weight excluding hydrogens is 663 g/mol. The van der Waals surface area contributed by atoms with Crippen molar-refractivity contribution in [2.45, 2.75) is 89.7 Å². The summed E-state index contributed by atoms with van der Waals surface area (Å²) in [5.74, 6) is -0.939. The Kier molecular flexibility index (Phi) is 6.73. The lowest BCUT2D eigenvalue weighted by atomic mass is 9.81. The molecule has 3 aromatic heterocycles. The van der Waals surface area contributed by atoms with E-state index in [9.17, 15) is 27.6 Å². The van der Waals surface area contributed by atoms with Gasteiger partial charge in [-0.05, 0) is 68.5 Å². The topological polar surface area (TPSA) is 132 Å². The van der Waals surface area contributed by atoms with E-state index >= 15 is 0 Å². The molecule has 11 nitrogen and oxygen atoms in total. The fraction of sp³-hybridized carbons (Fsp3) is 0.486. The number of carbonyl (C=O) groups is 3. The Morgan fingerprint density at radius 2 is 1.82 bits per heavy atom. The third-order valence-electron chi connectivity index (χ3n) is 12.3. The number of alkyl halides is 3. The van der Waals surface area contributed by atoms with Crippen molar-refractivity contribution in [2.75, 3.05) is 11.9 Å². The van der Waals surface area contributed by atoms with Crippen LogP contribution in [-0.2, 0) is 33.5 Å². The number of anilines is 1. The molecule has 2 amide bonds. The first kappa shape index (κ1) is 32.2. The van der Waals surface area contributed by atoms with Gasteiger partial charge in [-0.1, -0.05) is 25.3 Å². The number of nitrogens with zero attached hydrogens (tertiary/aromatic N) is 6. The number of piperidine rings is 1. The molecule has 6 atom stereocenters. The van der Waals surface area contributed by atoms with Crippen molar-refractivity contribution in [1.29, 1.82) is 0 Å². The van der Waals surface area contributed by atoms with E-state index in [0.29, 0.717) is 29.8 Å². The van der Waals surface area contributed by atoms with Crippen molar-refractivity contribution in [3.05, 3.63) is 65.5 Å². The molecule has 264 valence electrons. The van der Waals surface area contributed by atoms with Crippen molar-refractivity contribution in [1.82, 2.24) is 29.6 Å². The van der Waals surface area contributed by atoms with Gasteiger partial charge in [-0.25, -0.2) is 15.0 Å². The fourth-order valence-corrected chi connectivity index (χ4v) is 10.3. The van der Waals surface area contributed by atoms with E-state index in [0.717, 1.165) is 54.9 Å². The number of nitrogens with one attached hydrogen (secondary N) is 1. The number of aryl methyl sites for hydroxylation is 2. The predicted octanol–water partition coefficient (Wildman–Crippen LogP) is 5.55. The lowest BCUT2D eigenvalue weighted by molar-refractivity contribution is -0.141. The highest BCUT2D eigenvalue weighted by Crippen LogP contribution is 3.02. The molecule has 2 saturated carbocycles. The van der Waals surface area contributed by atoms with E-state index in [1.54, 1.807) is 22.0 Å². The van der Waals surface area contributed by atoms with Gasteiger partial charge < -0.3 is 15.0 Å². The van der Waals surface area contributed by atoms with E-state index in [1.165, 1.54) is 19.1 Å². The van der Waals surface area contributed by atoms with Crippen LogP contribution in [0.2, 0.25) is 0 Å². The van der Waals surface area contributed by atoms with Crippen LogP contribution in [0.15, 0.2) is 42.7 Å². The minimum atomic E-state index is -4.68. The average Bonchev–Trinajstić information content (AvgIpc) is 3.48. The van der Waals surface area contributed by atoms with Crippen LogP contribution in [0, 0.1) is 23.7 Å². The van der Waals surface area contributed by atoms with Gasteiger partial charge in [0.05, 0.1) is 23.8 Å². The Morgan fingerprint density at radius 3 is 2.57 bits per heavy atom. The predicted molar refractivity (Wildman–Crippen MR) is 177 cm³/mol. The smallest absolute Gasteiger partial charge is 0.374 e. The van der Waals surface area contributed by atoms with Crippen molar-refractivity contribution >= 4 is 34.3 Å². The number of hydrogen-bond acceptors (Lipinski definition) is 8. The molecule has 51 heavy (non-hydrogen) atoms. The molecule has 4 aliphatic heterocycles. The Hall–Kier alpha value is -4.72. The highest BCUT2D eigenvalue weighted by molar-refractivity contribution is 6.07. The zero-order valence-corrected chi connectivity index (χ0v) is 28.4. The van der Waals surface area contributed by atoms with Crippen LogP contribution in [0.4, 0.5) is 19.0 Å². The van der Waals surface area contributed by atoms with Gasteiger partial charge in [0, 0.05) is 47.0 Å². The summed E-state index contributed by atoms with van der Waals surface area (Å²) < 4.78 is 48.4. The number of hydrogen-bond donors (Lipinski definition) is 1. The molecule has 7 heterocycles. The molecule has 10 rings (SSSR count). The lowest BCUT2D eigenvalue weighted by Gasteiger charge is -2.36. The number of aromatic nitrogens is 5. The quantitative estimate of drug-likeness (QED) is 0.275. The van der Waals surface area contributed by atoms with E-state index in [4.69, 9.17) is 9.84 Å². The molecule has 1 aromatic carbocycles. The molecule has 4 aromatic rings. The Balaban J connectivity index is 1.13. The molecule has 2 spiro atoms. The van der Waals surface area contributed by atoms with Crippen LogP contribution in [0.25, 0.3) is 22.0 Å². The number of amides is 2. The summed E-state index contributed by atoms with van der Waals surface area (Å²) >= 11 is 0. The first-order valence-electron chi connectivity index (χ1n) is 17.5. The van der Waals surface area contributed by atoms with Crippen molar-refractivity contribution < 1.29 is 32.3 Å². The summed E-state index contributed by atoms with van der Waals surface area (Å²) in [5, 5.41) is 7.95. The number of rotatable bonds is 4. The molecule has 2 aliphatic carbocycles. The van der Waals surface area contributed by atoms with Gasteiger partial charge in [0.15, 0.2) is 5.78 Å². The number of Topliss-reactive ketones (excluding diaryl/α,β-unsaturated/α-hetero) is 1. The second-order valence-corrected chi connectivity index (χ2v) is 15.0. The summed E-state index contributed by atoms with van der Waals surface area (Å²) in [6, 6.07) is 6.14. The minimum absolute atomic E-state index is 0.187. The van der Waals surface area contributed by atoms with Gasteiger partial charge in [-0.3, -0.25) is 19.1 Å². The van der Waals surface area contributed by atoms with Crippen LogP contribution in [0.5, 0.6) is 0 Å². The van der Waals surface area contributed by atoms with Gasteiger partial charge in [0.1, 0.15) is 35.6 Å². The SMILES string of the molecule is CC(=O)c1nn2c3c(cc(-c4cnc(C)nc4)cc13)CCCCCCC1(C)OC[C@@]34C5[C@@H](C(=O)Nc6cccc(C(F)(F)F)n6)N(C(=O)C2)[C@@H]3C514. The van der Waals surface area contributed by atoms with Gasteiger partial charge in [0.25, 0.3) is 0 Å². The van der Waals surface area contributed by atoms with E-state index in [1.807, 2.05) is 13.0 Å². The maximum atomic E-state index is 14.6. The highest BCUT2D eigenvalue weighted by atomic mass is 19.4. The number of ketones is 1. The first-order valence-corrected chi connectivity index (χ1v) is 17.5. The largest absolute Gasteiger partial charge is 0.433 e. The monoisotopic (exact) mass is 699 g/mol. The van der Waals surface area contributed by atoms with Crippen LogP contribution >= 0.6 is 0 Å². The fourth-order valence-electron chi connectivity index (χ4n) is 10.3. The number of carbonyl (C=O) groups excluding carboxylic acids is 3. The van der Waals surface area contributed by atoms with Crippen molar-refractivity contribution in [2.24, 2.45) is 16.7 Å². The molecule has 1 N–H and O–H groups in total. The summed E-state index contributed by atoms with van der Waals surface area (Å²) in [5.41, 5.74) is 1.09. The molecule has 4 bridgehead atoms. The van der Waals surface area contributed by atoms with Crippen LogP contribution in [-0.4, -0.2) is 71.5 Å². The standard InChI is InChI=1S/C37H36F3N7O4/c1-19(48)28-24-14-22(23-15-41-20(2)42-16-23)13-21-9-6-4-5-7-12-34(3)36-31-30(32(50)44-26-11-8-10-25(43-26)37(38,39)40)47(33(36)35(31,36)18-51-34)27(49)17-46(45-28)29(21)24/h8,10-11,13-16,30-31,33H,4-7,9,12,17-18H2,1-3H3,(H,43,44,50)/t30-,31?,33-,34?,35+,36?/m0/s1.